The van der Waals surface area contributed by atoms with E-state index in [0.29, 0.717) is 29.6 Å². The summed E-state index contributed by atoms with van der Waals surface area (Å²) in [5, 5.41) is 5.89. The average molecular weight is 700 g/mol. The Hall–Kier alpha value is -5.12. The zero-order chi connectivity index (χ0) is 35.6. The molecular weight excluding hydrogens is 665 g/mol. The second-order valence-corrected chi connectivity index (χ2v) is 12.1. The molecule has 1 saturated carbocycles. The van der Waals surface area contributed by atoms with Crippen LogP contribution in [0.5, 0.6) is 17.4 Å². The SMILES string of the molecule is CCN1CC2(NC(=O)c3cc(-c4ccc(OC(F)(F)F)nc4)nc(-c4cnc(NCc5ccc(OC)cc5OC)c(F)n4)c3F)CCC1CC2. The fraction of sp³-hybridized carbons (Fsp3) is 0.382. The number of likely N-dealkylation sites (N-methyl/N-ethyl adjacent to an activating group) is 1. The van der Waals surface area contributed by atoms with Crippen LogP contribution in [0.25, 0.3) is 22.6 Å². The molecule has 50 heavy (non-hydrogen) atoms. The van der Waals surface area contributed by atoms with Gasteiger partial charge < -0.3 is 24.8 Å². The largest absolute Gasteiger partial charge is 0.574 e. The molecule has 0 radical (unpaired) electrons. The summed E-state index contributed by atoms with van der Waals surface area (Å²) in [5.41, 5.74) is -0.983. The maximum atomic E-state index is 16.3. The molecule has 1 amide bonds. The van der Waals surface area contributed by atoms with Gasteiger partial charge in [0, 0.05) is 48.6 Å². The van der Waals surface area contributed by atoms with E-state index in [1.54, 1.807) is 18.2 Å². The van der Waals surface area contributed by atoms with Gasteiger partial charge in [0.15, 0.2) is 11.6 Å². The van der Waals surface area contributed by atoms with Crippen LogP contribution in [0.1, 0.15) is 48.5 Å². The van der Waals surface area contributed by atoms with E-state index in [2.05, 4.69) is 40.2 Å². The van der Waals surface area contributed by atoms with Gasteiger partial charge in [0.05, 0.1) is 37.2 Å². The third kappa shape index (κ3) is 7.39. The normalized spacial score (nSPS) is 18.8. The van der Waals surface area contributed by atoms with Crippen molar-refractivity contribution in [3.8, 4) is 40.0 Å². The van der Waals surface area contributed by atoms with Crippen LogP contribution in [0.4, 0.5) is 27.8 Å². The molecule has 2 aliphatic heterocycles. The molecule has 264 valence electrons. The molecule has 0 unspecified atom stereocenters. The predicted molar refractivity (Wildman–Crippen MR) is 172 cm³/mol. The van der Waals surface area contributed by atoms with E-state index in [4.69, 9.17) is 9.47 Å². The molecule has 1 aromatic carbocycles. The monoisotopic (exact) mass is 699 g/mol. The lowest BCUT2D eigenvalue weighted by molar-refractivity contribution is -0.276. The Bertz CT molecular complexity index is 1870. The zero-order valence-electron chi connectivity index (χ0n) is 27.4. The molecule has 1 aliphatic carbocycles. The predicted octanol–water partition coefficient (Wildman–Crippen LogP) is 6.15. The summed E-state index contributed by atoms with van der Waals surface area (Å²) < 4.78 is 84.3. The van der Waals surface area contributed by atoms with Crippen molar-refractivity contribution < 1.29 is 41.0 Å². The summed E-state index contributed by atoms with van der Waals surface area (Å²) >= 11 is 0. The minimum atomic E-state index is -4.96. The summed E-state index contributed by atoms with van der Waals surface area (Å²) in [6, 6.07) is 8.93. The average Bonchev–Trinajstić information content (AvgIpc) is 3.11. The summed E-state index contributed by atoms with van der Waals surface area (Å²) in [4.78, 5) is 32.1. The third-order valence-corrected chi connectivity index (χ3v) is 9.09. The van der Waals surface area contributed by atoms with E-state index >= 15 is 8.78 Å². The van der Waals surface area contributed by atoms with Crippen molar-refractivity contribution >= 4 is 11.7 Å². The van der Waals surface area contributed by atoms with Gasteiger partial charge in [-0.2, -0.15) is 4.39 Å². The Morgan fingerprint density at radius 2 is 1.78 bits per heavy atom. The zero-order valence-corrected chi connectivity index (χ0v) is 27.4. The number of carbonyl (C=O) groups is 1. The smallest absolute Gasteiger partial charge is 0.497 e. The minimum absolute atomic E-state index is 0.0198. The highest BCUT2D eigenvalue weighted by atomic mass is 19.4. The van der Waals surface area contributed by atoms with Crippen LogP contribution in [0.2, 0.25) is 0 Å². The molecule has 0 spiro atoms. The van der Waals surface area contributed by atoms with Gasteiger partial charge in [-0.25, -0.2) is 24.3 Å². The first-order chi connectivity index (χ1) is 23.9. The molecule has 5 heterocycles. The number of benzene rings is 1. The van der Waals surface area contributed by atoms with Crippen LogP contribution < -0.4 is 24.8 Å². The maximum Gasteiger partial charge on any atom is 0.574 e. The van der Waals surface area contributed by atoms with Crippen LogP contribution in [-0.2, 0) is 6.54 Å². The van der Waals surface area contributed by atoms with Crippen molar-refractivity contribution in [2.24, 2.45) is 0 Å². The van der Waals surface area contributed by atoms with Crippen LogP contribution in [0, 0.1) is 11.8 Å². The van der Waals surface area contributed by atoms with Crippen LogP contribution >= 0.6 is 0 Å². The molecule has 2 bridgehead atoms. The Kier molecular flexibility index (Phi) is 9.73. The van der Waals surface area contributed by atoms with Crippen molar-refractivity contribution in [2.45, 2.75) is 57.1 Å². The molecule has 11 nitrogen and oxygen atoms in total. The fourth-order valence-electron chi connectivity index (χ4n) is 6.54. The molecule has 7 rings (SSSR count). The fourth-order valence-corrected chi connectivity index (χ4v) is 6.54. The highest BCUT2D eigenvalue weighted by Crippen LogP contribution is 2.39. The van der Waals surface area contributed by atoms with E-state index in [1.165, 1.54) is 26.4 Å². The number of aromatic nitrogens is 4. The number of ether oxygens (including phenoxy) is 3. The number of carbonyl (C=O) groups excluding carboxylic acids is 1. The topological polar surface area (TPSA) is 124 Å². The van der Waals surface area contributed by atoms with E-state index in [0.717, 1.165) is 50.7 Å². The summed E-state index contributed by atoms with van der Waals surface area (Å²) in [5.74, 6) is -2.75. The number of nitrogens with one attached hydrogen (secondary N) is 2. The number of hydrogen-bond donors (Lipinski definition) is 2. The van der Waals surface area contributed by atoms with Crippen molar-refractivity contribution in [1.82, 2.24) is 30.2 Å². The van der Waals surface area contributed by atoms with E-state index < -0.39 is 46.7 Å². The molecule has 16 heteroatoms. The Morgan fingerprint density at radius 3 is 2.42 bits per heavy atom. The number of anilines is 1. The maximum absolute atomic E-state index is 16.3. The molecule has 3 fully saturated rings. The van der Waals surface area contributed by atoms with Crippen molar-refractivity contribution in [2.75, 3.05) is 32.6 Å². The molecule has 3 aliphatic rings. The van der Waals surface area contributed by atoms with Gasteiger partial charge in [-0.3, -0.25) is 9.69 Å². The Balaban J connectivity index is 1.33. The first-order valence-electron chi connectivity index (χ1n) is 15.9. The number of piperidine rings is 2. The van der Waals surface area contributed by atoms with Gasteiger partial charge in [0.1, 0.15) is 22.9 Å². The van der Waals surface area contributed by atoms with Gasteiger partial charge in [-0.15, -0.1) is 13.2 Å². The summed E-state index contributed by atoms with van der Waals surface area (Å²) in [6.07, 6.45) is 0.418. The van der Waals surface area contributed by atoms with E-state index in [9.17, 15) is 18.0 Å². The molecule has 4 aromatic rings. The molecule has 2 N–H and O–H groups in total. The van der Waals surface area contributed by atoms with E-state index in [-0.39, 0.29) is 29.3 Å². The minimum Gasteiger partial charge on any atom is -0.497 e. The quantitative estimate of drug-likeness (QED) is 0.176. The summed E-state index contributed by atoms with van der Waals surface area (Å²) in [6.45, 7) is 3.57. The lowest BCUT2D eigenvalue weighted by Gasteiger charge is -2.53. The highest BCUT2D eigenvalue weighted by molar-refractivity contribution is 5.97. The lowest BCUT2D eigenvalue weighted by Crippen LogP contribution is -2.65. The van der Waals surface area contributed by atoms with Crippen LogP contribution in [0.3, 0.4) is 0 Å². The number of pyridine rings is 2. The number of amides is 1. The standard InChI is InChI=1S/C34H34F5N7O4/c1-4-46-18-33(11-9-21(46)10-12-33)45-32(47)23-14-24(19-6-8-27(40-15-19)50-34(37,38)39)43-29(28(23)35)25-17-42-31(30(36)44-25)41-16-20-5-7-22(48-2)13-26(20)49-3/h5-8,13-15,17,21H,4,9-12,16,18H2,1-3H3,(H,41,42)(H,45,47). The van der Waals surface area contributed by atoms with Gasteiger partial charge in [-0.05, 0) is 56.5 Å². The second-order valence-electron chi connectivity index (χ2n) is 12.1. The number of rotatable bonds is 11. The number of alkyl halides is 3. The van der Waals surface area contributed by atoms with Crippen molar-refractivity contribution in [3.63, 3.8) is 0 Å². The molecule has 2 saturated heterocycles. The number of nitrogens with zero attached hydrogens (tertiary/aromatic N) is 5. The lowest BCUT2D eigenvalue weighted by atomic mass is 9.73. The van der Waals surface area contributed by atoms with Gasteiger partial charge >= 0.3 is 6.36 Å². The first-order valence-corrected chi connectivity index (χ1v) is 15.9. The van der Waals surface area contributed by atoms with E-state index in [1.807, 2.05) is 6.92 Å². The number of methoxy groups -OCH3 is 2. The molecule has 0 atom stereocenters. The number of fused-ring (bicyclic) bond motifs is 3. The van der Waals surface area contributed by atoms with Gasteiger partial charge in [0.2, 0.25) is 5.88 Å². The third-order valence-electron chi connectivity index (χ3n) is 9.09. The van der Waals surface area contributed by atoms with Crippen LogP contribution in [0.15, 0.2) is 48.8 Å². The number of hydrogen-bond acceptors (Lipinski definition) is 10. The second kappa shape index (κ2) is 14.0. The van der Waals surface area contributed by atoms with Crippen molar-refractivity contribution in [3.05, 3.63) is 71.7 Å². The Labute approximate surface area is 284 Å². The van der Waals surface area contributed by atoms with Crippen LogP contribution in [-0.4, -0.2) is 76.0 Å². The molecular formula is C34H34F5N7O4. The number of halogens is 5. The highest BCUT2D eigenvalue weighted by Gasteiger charge is 2.45. The van der Waals surface area contributed by atoms with Gasteiger partial charge in [0.25, 0.3) is 11.9 Å². The molecule has 3 aromatic heterocycles. The first kappa shape index (κ1) is 34.7. The van der Waals surface area contributed by atoms with Crippen molar-refractivity contribution in [1.29, 1.82) is 0 Å². The van der Waals surface area contributed by atoms with Gasteiger partial charge in [-0.1, -0.05) is 6.92 Å². The summed E-state index contributed by atoms with van der Waals surface area (Å²) in [7, 11) is 3.00. The Morgan fingerprint density at radius 1 is 1.00 bits per heavy atom.